The molecule has 1 heterocycles. The van der Waals surface area contributed by atoms with E-state index in [1.54, 1.807) is 42.3 Å². The van der Waals surface area contributed by atoms with Crippen molar-refractivity contribution in [3.63, 3.8) is 0 Å². The van der Waals surface area contributed by atoms with Crippen molar-refractivity contribution in [3.05, 3.63) is 58.7 Å². The molecule has 1 aliphatic rings. The van der Waals surface area contributed by atoms with Crippen LogP contribution in [0.3, 0.4) is 0 Å². The number of amides is 1. The van der Waals surface area contributed by atoms with Gasteiger partial charge in [-0.3, -0.25) is 4.79 Å². The Morgan fingerprint density at radius 1 is 1.04 bits per heavy atom. The lowest BCUT2D eigenvalue weighted by atomic mass is 9.97. The summed E-state index contributed by atoms with van der Waals surface area (Å²) in [5.41, 5.74) is 2.71. The molecule has 0 saturated heterocycles. The van der Waals surface area contributed by atoms with Crippen LogP contribution in [0, 0.1) is 0 Å². The van der Waals surface area contributed by atoms with E-state index in [0.29, 0.717) is 36.6 Å². The molecule has 27 heavy (non-hydrogen) atoms. The number of carbonyl (C=O) groups is 2. The number of hydrogen-bond donors (Lipinski definition) is 1. The molecule has 0 aliphatic carbocycles. The molecule has 1 aliphatic heterocycles. The maximum absolute atomic E-state index is 12.9. The molecule has 0 aromatic heterocycles. The monoisotopic (exact) mass is 369 g/mol. The average Bonchev–Trinajstić information content (AvgIpc) is 2.66. The summed E-state index contributed by atoms with van der Waals surface area (Å²) in [5, 5.41) is 9.18. The number of hydrogen-bond acceptors (Lipinski definition) is 4. The van der Waals surface area contributed by atoms with Crippen molar-refractivity contribution in [1.82, 2.24) is 4.90 Å². The van der Waals surface area contributed by atoms with Crippen molar-refractivity contribution in [2.24, 2.45) is 0 Å². The van der Waals surface area contributed by atoms with Gasteiger partial charge in [0.1, 0.15) is 0 Å². The van der Waals surface area contributed by atoms with Gasteiger partial charge in [-0.1, -0.05) is 6.07 Å². The van der Waals surface area contributed by atoms with Gasteiger partial charge in [0.25, 0.3) is 5.91 Å². The maximum atomic E-state index is 12.9. The number of methoxy groups -OCH3 is 1. The molecule has 0 unspecified atom stereocenters. The molecular formula is C21H23NO5. The van der Waals surface area contributed by atoms with Crippen LogP contribution >= 0.6 is 0 Å². The van der Waals surface area contributed by atoms with Crippen molar-refractivity contribution in [2.45, 2.75) is 32.9 Å². The third-order valence-corrected chi connectivity index (χ3v) is 4.53. The van der Waals surface area contributed by atoms with E-state index in [-0.39, 0.29) is 17.6 Å². The minimum Gasteiger partial charge on any atom is -0.493 e. The fourth-order valence-electron chi connectivity index (χ4n) is 3.20. The standard InChI is InChI=1S/C21H23NO5/c1-13(2)27-18-7-6-15(11-19(18)26-3)20(23)22-9-8-14-4-5-16(21(24)25)10-17(14)12-22/h4-7,10-11,13H,8-9,12H2,1-3H3,(H,24,25). The lowest BCUT2D eigenvalue weighted by Gasteiger charge is -2.29. The van der Waals surface area contributed by atoms with Gasteiger partial charge in [-0.25, -0.2) is 4.79 Å². The van der Waals surface area contributed by atoms with E-state index >= 15 is 0 Å². The van der Waals surface area contributed by atoms with E-state index in [4.69, 9.17) is 9.47 Å². The molecule has 0 bridgehead atoms. The summed E-state index contributed by atoms with van der Waals surface area (Å²) in [6.07, 6.45) is 0.703. The van der Waals surface area contributed by atoms with E-state index in [0.717, 1.165) is 11.1 Å². The van der Waals surface area contributed by atoms with Crippen LogP contribution in [0.4, 0.5) is 0 Å². The van der Waals surface area contributed by atoms with Gasteiger partial charge in [0.05, 0.1) is 18.8 Å². The lowest BCUT2D eigenvalue weighted by Crippen LogP contribution is -2.36. The molecule has 3 rings (SSSR count). The molecule has 6 heteroatoms. The molecule has 1 amide bonds. The van der Waals surface area contributed by atoms with Crippen LogP contribution in [0.5, 0.6) is 11.5 Å². The third-order valence-electron chi connectivity index (χ3n) is 4.53. The molecule has 6 nitrogen and oxygen atoms in total. The molecule has 0 fully saturated rings. The van der Waals surface area contributed by atoms with Gasteiger partial charge < -0.3 is 19.5 Å². The van der Waals surface area contributed by atoms with Crippen molar-refractivity contribution >= 4 is 11.9 Å². The lowest BCUT2D eigenvalue weighted by molar-refractivity contribution is 0.0696. The Kier molecular flexibility index (Phi) is 5.35. The fraction of sp³-hybridized carbons (Fsp3) is 0.333. The second-order valence-corrected chi connectivity index (χ2v) is 6.80. The van der Waals surface area contributed by atoms with Crippen LogP contribution < -0.4 is 9.47 Å². The topological polar surface area (TPSA) is 76.1 Å². The predicted molar refractivity (Wildman–Crippen MR) is 101 cm³/mol. The zero-order chi connectivity index (χ0) is 19.6. The first-order valence-electron chi connectivity index (χ1n) is 8.88. The van der Waals surface area contributed by atoms with Crippen molar-refractivity contribution in [3.8, 4) is 11.5 Å². The second kappa shape index (κ2) is 7.70. The maximum Gasteiger partial charge on any atom is 0.335 e. The molecule has 2 aromatic rings. The largest absolute Gasteiger partial charge is 0.493 e. The fourth-order valence-corrected chi connectivity index (χ4v) is 3.20. The van der Waals surface area contributed by atoms with Crippen LogP contribution in [-0.4, -0.2) is 41.6 Å². The molecular weight excluding hydrogens is 346 g/mol. The quantitative estimate of drug-likeness (QED) is 0.874. The number of rotatable bonds is 5. The first-order chi connectivity index (χ1) is 12.9. The summed E-state index contributed by atoms with van der Waals surface area (Å²) in [4.78, 5) is 25.9. The van der Waals surface area contributed by atoms with E-state index in [1.807, 2.05) is 19.9 Å². The smallest absolute Gasteiger partial charge is 0.335 e. The highest BCUT2D eigenvalue weighted by molar-refractivity contribution is 5.95. The van der Waals surface area contributed by atoms with Crippen LogP contribution in [0.15, 0.2) is 36.4 Å². The molecule has 142 valence electrons. The Morgan fingerprint density at radius 2 is 1.78 bits per heavy atom. The summed E-state index contributed by atoms with van der Waals surface area (Å²) in [6.45, 7) is 4.83. The number of carboxylic acids is 1. The molecule has 1 N–H and O–H groups in total. The van der Waals surface area contributed by atoms with Gasteiger partial charge in [0.15, 0.2) is 11.5 Å². The number of nitrogens with zero attached hydrogens (tertiary/aromatic N) is 1. The normalized spacial score (nSPS) is 13.3. The Hall–Kier alpha value is -3.02. The number of fused-ring (bicyclic) bond motifs is 1. The predicted octanol–water partition coefficient (Wildman–Crippen LogP) is 3.38. The number of carboxylic acid groups (broad SMARTS) is 1. The molecule has 2 aromatic carbocycles. The van der Waals surface area contributed by atoms with E-state index in [1.165, 1.54) is 0 Å². The van der Waals surface area contributed by atoms with E-state index < -0.39 is 5.97 Å². The minimum atomic E-state index is -0.966. The molecule has 0 atom stereocenters. The highest BCUT2D eigenvalue weighted by Gasteiger charge is 2.23. The zero-order valence-corrected chi connectivity index (χ0v) is 15.7. The number of aromatic carboxylic acids is 1. The van der Waals surface area contributed by atoms with Crippen molar-refractivity contribution < 1.29 is 24.2 Å². The average molecular weight is 369 g/mol. The number of ether oxygens (including phenoxy) is 2. The number of benzene rings is 2. The molecule has 0 spiro atoms. The van der Waals surface area contributed by atoms with Gasteiger partial charge in [0.2, 0.25) is 0 Å². The molecule has 0 radical (unpaired) electrons. The van der Waals surface area contributed by atoms with Crippen LogP contribution in [-0.2, 0) is 13.0 Å². The number of carbonyl (C=O) groups excluding carboxylic acids is 1. The van der Waals surface area contributed by atoms with Gasteiger partial charge in [-0.15, -0.1) is 0 Å². The van der Waals surface area contributed by atoms with Crippen LogP contribution in [0.2, 0.25) is 0 Å². The Labute approximate surface area is 158 Å². The van der Waals surface area contributed by atoms with E-state index in [9.17, 15) is 14.7 Å². The second-order valence-electron chi connectivity index (χ2n) is 6.80. The molecule has 0 saturated carbocycles. The van der Waals surface area contributed by atoms with E-state index in [2.05, 4.69) is 0 Å². The Morgan fingerprint density at radius 3 is 2.44 bits per heavy atom. The van der Waals surface area contributed by atoms with Gasteiger partial charge in [-0.2, -0.15) is 0 Å². The highest BCUT2D eigenvalue weighted by atomic mass is 16.5. The highest BCUT2D eigenvalue weighted by Crippen LogP contribution is 2.30. The summed E-state index contributed by atoms with van der Waals surface area (Å²) < 4.78 is 11.1. The van der Waals surface area contributed by atoms with Crippen molar-refractivity contribution in [1.29, 1.82) is 0 Å². The summed E-state index contributed by atoms with van der Waals surface area (Å²) in [6, 6.07) is 10.2. The Balaban J connectivity index is 1.82. The summed E-state index contributed by atoms with van der Waals surface area (Å²) >= 11 is 0. The Bertz CT molecular complexity index is 875. The van der Waals surface area contributed by atoms with Crippen LogP contribution in [0.25, 0.3) is 0 Å². The van der Waals surface area contributed by atoms with Gasteiger partial charge in [-0.05, 0) is 61.7 Å². The van der Waals surface area contributed by atoms with Gasteiger partial charge >= 0.3 is 5.97 Å². The third kappa shape index (κ3) is 4.05. The summed E-state index contributed by atoms with van der Waals surface area (Å²) in [5.74, 6) is 0.0294. The minimum absolute atomic E-state index is 0.00230. The first kappa shape index (κ1) is 18.8. The van der Waals surface area contributed by atoms with Crippen molar-refractivity contribution in [2.75, 3.05) is 13.7 Å². The van der Waals surface area contributed by atoms with Gasteiger partial charge in [0, 0.05) is 18.7 Å². The SMILES string of the molecule is COc1cc(C(=O)N2CCc3ccc(C(=O)O)cc3C2)ccc1OC(C)C. The van der Waals surface area contributed by atoms with Crippen LogP contribution in [0.1, 0.15) is 45.7 Å². The zero-order valence-electron chi connectivity index (χ0n) is 15.7. The first-order valence-corrected chi connectivity index (χ1v) is 8.88. The summed E-state index contributed by atoms with van der Waals surface area (Å²) in [7, 11) is 1.54.